The maximum absolute atomic E-state index is 11.9. The number of methoxy groups -OCH3 is 1. The molecule has 0 atom stereocenters. The predicted molar refractivity (Wildman–Crippen MR) is 78.0 cm³/mol. The molecule has 0 unspecified atom stereocenters. The number of likely N-dealkylation sites (N-methyl/N-ethyl adjacent to an activating group) is 1. The summed E-state index contributed by atoms with van der Waals surface area (Å²) in [5.74, 6) is 5.09. The predicted octanol–water partition coefficient (Wildman–Crippen LogP) is -0.0951. The third-order valence-corrected chi connectivity index (χ3v) is 2.55. The second kappa shape index (κ2) is 8.61. The van der Waals surface area contributed by atoms with Crippen LogP contribution in [0.4, 0.5) is 0 Å². The molecule has 2 amide bonds. The molecule has 112 valence electrons. The summed E-state index contributed by atoms with van der Waals surface area (Å²) in [6.07, 6.45) is 0. The summed E-state index contributed by atoms with van der Waals surface area (Å²) in [4.78, 5) is 23.2. The lowest BCUT2D eigenvalue weighted by molar-refractivity contribution is -0.120. The number of hydrogen-bond donors (Lipinski definition) is 3. The van der Waals surface area contributed by atoms with Crippen molar-refractivity contribution >= 4 is 11.8 Å². The Balaban J connectivity index is 2.83. The van der Waals surface area contributed by atoms with Crippen molar-refractivity contribution in [1.82, 2.24) is 10.6 Å². The van der Waals surface area contributed by atoms with Crippen molar-refractivity contribution in [2.24, 2.45) is 0 Å². The van der Waals surface area contributed by atoms with Gasteiger partial charge in [0.1, 0.15) is 12.4 Å². The zero-order chi connectivity index (χ0) is 15.7. The second-order valence-electron chi connectivity index (χ2n) is 4.01. The molecule has 0 aromatic heterocycles. The van der Waals surface area contributed by atoms with Crippen LogP contribution in [0.25, 0.3) is 0 Å². The second-order valence-corrected chi connectivity index (χ2v) is 4.01. The van der Waals surface area contributed by atoms with Crippen LogP contribution < -0.4 is 15.4 Å². The van der Waals surface area contributed by atoms with Crippen LogP contribution in [0.2, 0.25) is 0 Å². The normalized spacial score (nSPS) is 9.29. The Morgan fingerprint density at radius 3 is 2.71 bits per heavy atom. The zero-order valence-corrected chi connectivity index (χ0v) is 12.0. The Kier molecular flexibility index (Phi) is 6.78. The fraction of sp³-hybridized carbons (Fsp3) is 0.333. The molecule has 21 heavy (non-hydrogen) atoms. The van der Waals surface area contributed by atoms with Crippen LogP contribution in [-0.2, 0) is 4.79 Å². The van der Waals surface area contributed by atoms with Crippen LogP contribution in [0.5, 0.6) is 5.75 Å². The molecule has 0 bridgehead atoms. The highest BCUT2D eigenvalue weighted by Gasteiger charge is 2.10. The van der Waals surface area contributed by atoms with Crippen LogP contribution in [0.15, 0.2) is 18.2 Å². The smallest absolute Gasteiger partial charge is 0.251 e. The molecule has 0 saturated heterocycles. The van der Waals surface area contributed by atoms with Gasteiger partial charge in [0, 0.05) is 12.1 Å². The number of benzene rings is 1. The van der Waals surface area contributed by atoms with Gasteiger partial charge in [0.2, 0.25) is 5.91 Å². The summed E-state index contributed by atoms with van der Waals surface area (Å²) < 4.78 is 5.13. The highest BCUT2D eigenvalue weighted by atomic mass is 16.5. The number of nitrogens with one attached hydrogen (secondary N) is 2. The zero-order valence-electron chi connectivity index (χ0n) is 12.0. The molecule has 0 radical (unpaired) electrons. The Morgan fingerprint density at radius 2 is 2.10 bits per heavy atom. The van der Waals surface area contributed by atoms with Crippen LogP contribution >= 0.6 is 0 Å². The van der Waals surface area contributed by atoms with Crippen LogP contribution in [0, 0.1) is 11.8 Å². The fourth-order valence-corrected chi connectivity index (χ4v) is 1.60. The summed E-state index contributed by atoms with van der Waals surface area (Å²) in [6, 6.07) is 4.74. The SMILES string of the molecule is CCNC(=O)CNC(=O)c1ccc(OC)c(C#CCO)c1. The van der Waals surface area contributed by atoms with Gasteiger partial charge in [-0.3, -0.25) is 9.59 Å². The molecule has 0 fully saturated rings. The molecule has 1 aromatic rings. The molecule has 3 N–H and O–H groups in total. The summed E-state index contributed by atoms with van der Waals surface area (Å²) in [6.45, 7) is 1.94. The molecule has 1 aromatic carbocycles. The largest absolute Gasteiger partial charge is 0.495 e. The minimum absolute atomic E-state index is 0.0869. The first-order valence-electron chi connectivity index (χ1n) is 6.45. The Morgan fingerprint density at radius 1 is 1.33 bits per heavy atom. The van der Waals surface area contributed by atoms with Crippen molar-refractivity contribution in [3.63, 3.8) is 0 Å². The summed E-state index contributed by atoms with van der Waals surface area (Å²) in [5.41, 5.74) is 0.861. The van der Waals surface area contributed by atoms with E-state index in [2.05, 4.69) is 22.5 Å². The van der Waals surface area contributed by atoms with Crippen molar-refractivity contribution < 1.29 is 19.4 Å². The van der Waals surface area contributed by atoms with Gasteiger partial charge in [-0.25, -0.2) is 0 Å². The highest BCUT2D eigenvalue weighted by molar-refractivity contribution is 5.97. The molecular weight excluding hydrogens is 272 g/mol. The minimum Gasteiger partial charge on any atom is -0.495 e. The summed E-state index contributed by atoms with van der Waals surface area (Å²) >= 11 is 0. The molecule has 6 heteroatoms. The van der Waals surface area contributed by atoms with Crippen molar-refractivity contribution in [2.75, 3.05) is 26.8 Å². The molecule has 0 aliphatic heterocycles. The molecule has 0 aliphatic carbocycles. The number of ether oxygens (including phenoxy) is 1. The van der Waals surface area contributed by atoms with Crippen molar-refractivity contribution in [3.8, 4) is 17.6 Å². The Bertz CT molecular complexity index is 573. The molecule has 0 heterocycles. The first-order valence-corrected chi connectivity index (χ1v) is 6.45. The van der Waals surface area contributed by atoms with Gasteiger partial charge in [0.25, 0.3) is 5.91 Å². The molecule has 0 spiro atoms. The average Bonchev–Trinajstić information content (AvgIpc) is 2.50. The van der Waals surface area contributed by atoms with Gasteiger partial charge >= 0.3 is 0 Å². The van der Waals surface area contributed by atoms with Gasteiger partial charge in [-0.05, 0) is 25.1 Å². The number of carbonyl (C=O) groups is 2. The lowest BCUT2D eigenvalue weighted by Gasteiger charge is -2.08. The monoisotopic (exact) mass is 290 g/mol. The van der Waals surface area contributed by atoms with Gasteiger partial charge in [0.05, 0.1) is 19.2 Å². The van der Waals surface area contributed by atoms with Gasteiger partial charge in [-0.15, -0.1) is 0 Å². The Labute approximate surface area is 123 Å². The van der Waals surface area contributed by atoms with Crippen LogP contribution in [0.1, 0.15) is 22.8 Å². The van der Waals surface area contributed by atoms with E-state index in [9.17, 15) is 9.59 Å². The van der Waals surface area contributed by atoms with E-state index in [-0.39, 0.29) is 25.0 Å². The van der Waals surface area contributed by atoms with Crippen molar-refractivity contribution in [1.29, 1.82) is 0 Å². The quantitative estimate of drug-likeness (QED) is 0.661. The third-order valence-electron chi connectivity index (χ3n) is 2.55. The van der Waals surface area contributed by atoms with E-state index < -0.39 is 0 Å². The molecule has 0 aliphatic rings. The van der Waals surface area contributed by atoms with Crippen LogP contribution in [-0.4, -0.2) is 43.7 Å². The van der Waals surface area contributed by atoms with Crippen LogP contribution in [0.3, 0.4) is 0 Å². The van der Waals surface area contributed by atoms with Gasteiger partial charge in [-0.2, -0.15) is 0 Å². The molecule has 1 rings (SSSR count). The number of rotatable bonds is 5. The number of aliphatic hydroxyl groups is 1. The standard InChI is InChI=1S/C15H18N2O4/c1-3-16-14(19)10-17-15(20)12-6-7-13(21-2)11(9-12)5-4-8-18/h6-7,9,18H,3,8,10H2,1-2H3,(H,16,19)(H,17,20). The number of hydrogen-bond acceptors (Lipinski definition) is 4. The maximum Gasteiger partial charge on any atom is 0.251 e. The maximum atomic E-state index is 11.9. The third kappa shape index (κ3) is 5.16. The minimum atomic E-state index is -0.379. The van der Waals surface area contributed by atoms with Gasteiger partial charge < -0.3 is 20.5 Å². The van der Waals surface area contributed by atoms with E-state index in [0.717, 1.165) is 0 Å². The van der Waals surface area contributed by atoms with E-state index in [1.807, 2.05) is 0 Å². The molecule has 0 saturated carbocycles. The van der Waals surface area contributed by atoms with E-state index in [1.54, 1.807) is 25.1 Å². The lowest BCUT2D eigenvalue weighted by Crippen LogP contribution is -2.36. The number of carbonyl (C=O) groups excluding carboxylic acids is 2. The first-order chi connectivity index (χ1) is 10.1. The van der Waals surface area contributed by atoms with E-state index in [4.69, 9.17) is 9.84 Å². The topological polar surface area (TPSA) is 87.7 Å². The van der Waals surface area contributed by atoms with E-state index in [1.165, 1.54) is 7.11 Å². The average molecular weight is 290 g/mol. The highest BCUT2D eigenvalue weighted by Crippen LogP contribution is 2.18. The van der Waals surface area contributed by atoms with Gasteiger partial charge in [0.15, 0.2) is 0 Å². The fourth-order valence-electron chi connectivity index (χ4n) is 1.60. The Hall–Kier alpha value is -2.52. The molecule has 6 nitrogen and oxygen atoms in total. The van der Waals surface area contributed by atoms with Crippen molar-refractivity contribution in [3.05, 3.63) is 29.3 Å². The summed E-state index contributed by atoms with van der Waals surface area (Å²) in [5, 5.41) is 13.8. The lowest BCUT2D eigenvalue weighted by atomic mass is 10.1. The van der Waals surface area contributed by atoms with E-state index in [0.29, 0.717) is 23.4 Å². The summed E-state index contributed by atoms with van der Waals surface area (Å²) in [7, 11) is 1.49. The number of amides is 2. The number of aliphatic hydroxyl groups excluding tert-OH is 1. The van der Waals surface area contributed by atoms with Crippen molar-refractivity contribution in [2.45, 2.75) is 6.92 Å². The molecular formula is C15H18N2O4. The van der Waals surface area contributed by atoms with Gasteiger partial charge in [-0.1, -0.05) is 11.8 Å². The van der Waals surface area contributed by atoms with E-state index >= 15 is 0 Å². The first kappa shape index (κ1) is 16.5.